The van der Waals surface area contributed by atoms with E-state index in [1.54, 1.807) is 0 Å². The summed E-state index contributed by atoms with van der Waals surface area (Å²) in [6.45, 7) is 1.94. The molecule has 0 rings (SSSR count). The first kappa shape index (κ1) is 9.20. The molecule has 0 fully saturated rings. The van der Waals surface area contributed by atoms with Gasteiger partial charge in [-0.25, -0.2) is 0 Å². The number of alkyl halides is 3. The van der Waals surface area contributed by atoms with E-state index in [0.29, 0.717) is 6.08 Å². The van der Waals surface area contributed by atoms with Gasteiger partial charge in [0.1, 0.15) is 0 Å². The zero-order chi connectivity index (χ0) is 8.36. The highest BCUT2D eigenvalue weighted by Crippen LogP contribution is 2.24. The SMILES string of the molecule is CC(=O)/C=C(/C)C(F)(F)F. The van der Waals surface area contributed by atoms with Gasteiger partial charge in [0.05, 0.1) is 0 Å². The Hall–Kier alpha value is -0.800. The molecule has 0 atom stereocenters. The molecule has 0 amide bonds. The zero-order valence-electron chi connectivity index (χ0n) is 5.62. The van der Waals surface area contributed by atoms with Crippen LogP contribution in [0.2, 0.25) is 0 Å². The van der Waals surface area contributed by atoms with Gasteiger partial charge in [-0.2, -0.15) is 13.2 Å². The van der Waals surface area contributed by atoms with Crippen molar-refractivity contribution in [3.63, 3.8) is 0 Å². The lowest BCUT2D eigenvalue weighted by Gasteiger charge is -2.03. The largest absolute Gasteiger partial charge is 0.412 e. The lowest BCUT2D eigenvalue weighted by molar-refractivity contribution is -0.114. The second kappa shape index (κ2) is 2.86. The maximum atomic E-state index is 11.6. The molecule has 10 heavy (non-hydrogen) atoms. The van der Waals surface area contributed by atoms with Crippen LogP contribution in [0.1, 0.15) is 13.8 Å². The predicted octanol–water partition coefficient (Wildman–Crippen LogP) is 2.08. The normalized spacial score (nSPS) is 13.5. The molecule has 0 saturated carbocycles. The quantitative estimate of drug-likeness (QED) is 0.526. The van der Waals surface area contributed by atoms with Crippen LogP contribution in [0.25, 0.3) is 0 Å². The third kappa shape index (κ3) is 3.27. The van der Waals surface area contributed by atoms with E-state index in [1.165, 1.54) is 0 Å². The maximum absolute atomic E-state index is 11.6. The fourth-order valence-corrected chi connectivity index (χ4v) is 0.387. The molecule has 0 N–H and O–H groups in total. The molecular weight excluding hydrogens is 145 g/mol. The van der Waals surface area contributed by atoms with Gasteiger partial charge in [0.2, 0.25) is 0 Å². The monoisotopic (exact) mass is 152 g/mol. The number of carbonyl (C=O) groups excluding carboxylic acids is 1. The molecule has 0 aliphatic rings. The number of allylic oxidation sites excluding steroid dienone is 2. The third-order valence-electron chi connectivity index (χ3n) is 0.867. The first-order chi connectivity index (χ1) is 4.34. The molecule has 0 aliphatic heterocycles. The number of hydrogen-bond acceptors (Lipinski definition) is 1. The van der Waals surface area contributed by atoms with Crippen LogP contribution in [-0.2, 0) is 4.79 Å². The van der Waals surface area contributed by atoms with Crippen molar-refractivity contribution in [2.45, 2.75) is 20.0 Å². The minimum Gasteiger partial charge on any atom is -0.295 e. The van der Waals surface area contributed by atoms with Crippen LogP contribution < -0.4 is 0 Å². The highest BCUT2D eigenvalue weighted by atomic mass is 19.4. The van der Waals surface area contributed by atoms with Crippen LogP contribution in [0.5, 0.6) is 0 Å². The number of halogens is 3. The van der Waals surface area contributed by atoms with E-state index in [9.17, 15) is 18.0 Å². The van der Waals surface area contributed by atoms with Crippen molar-refractivity contribution in [3.05, 3.63) is 11.6 Å². The Balaban J connectivity index is 4.35. The summed E-state index contributed by atoms with van der Waals surface area (Å²) in [5.41, 5.74) is -0.861. The Morgan fingerprint density at radius 1 is 1.30 bits per heavy atom. The van der Waals surface area contributed by atoms with Crippen molar-refractivity contribution in [2.24, 2.45) is 0 Å². The summed E-state index contributed by atoms with van der Waals surface area (Å²) in [5.74, 6) is -0.588. The smallest absolute Gasteiger partial charge is 0.295 e. The van der Waals surface area contributed by atoms with Crippen molar-refractivity contribution < 1.29 is 18.0 Å². The molecular formula is C6H7F3O. The van der Waals surface area contributed by atoms with E-state index < -0.39 is 17.5 Å². The number of rotatable bonds is 1. The summed E-state index contributed by atoms with van der Waals surface area (Å²) in [4.78, 5) is 10.1. The molecule has 1 nitrogen and oxygen atoms in total. The van der Waals surface area contributed by atoms with Crippen LogP contribution in [0.4, 0.5) is 13.2 Å². The van der Waals surface area contributed by atoms with Gasteiger partial charge >= 0.3 is 6.18 Å². The summed E-state index contributed by atoms with van der Waals surface area (Å²) < 4.78 is 34.8. The van der Waals surface area contributed by atoms with Crippen LogP contribution in [0.15, 0.2) is 11.6 Å². The molecule has 0 bridgehead atoms. The van der Waals surface area contributed by atoms with E-state index in [-0.39, 0.29) is 0 Å². The first-order valence-electron chi connectivity index (χ1n) is 2.60. The Kier molecular flexibility index (Phi) is 2.63. The summed E-state index contributed by atoms with van der Waals surface area (Å²) in [6, 6.07) is 0. The Morgan fingerprint density at radius 2 is 1.70 bits per heavy atom. The highest BCUT2D eigenvalue weighted by molar-refractivity contribution is 5.88. The fourth-order valence-electron chi connectivity index (χ4n) is 0.387. The molecule has 0 heterocycles. The maximum Gasteiger partial charge on any atom is 0.412 e. The Morgan fingerprint density at radius 3 is 1.80 bits per heavy atom. The van der Waals surface area contributed by atoms with Crippen molar-refractivity contribution in [3.8, 4) is 0 Å². The van der Waals surface area contributed by atoms with E-state index in [0.717, 1.165) is 13.8 Å². The molecule has 0 unspecified atom stereocenters. The minimum absolute atomic E-state index is 0.569. The topological polar surface area (TPSA) is 17.1 Å². The molecule has 0 aromatic heterocycles. The van der Waals surface area contributed by atoms with Crippen molar-refractivity contribution in [1.29, 1.82) is 0 Å². The van der Waals surface area contributed by atoms with Crippen molar-refractivity contribution in [1.82, 2.24) is 0 Å². The third-order valence-corrected chi connectivity index (χ3v) is 0.867. The van der Waals surface area contributed by atoms with Gasteiger partial charge in [-0.1, -0.05) is 0 Å². The minimum atomic E-state index is -4.37. The molecule has 0 aliphatic carbocycles. The Bertz CT molecular complexity index is 166. The van der Waals surface area contributed by atoms with Gasteiger partial charge < -0.3 is 0 Å². The fraction of sp³-hybridized carbons (Fsp3) is 0.500. The number of ketones is 1. The van der Waals surface area contributed by atoms with Gasteiger partial charge in [-0.3, -0.25) is 4.79 Å². The van der Waals surface area contributed by atoms with Crippen LogP contribution in [0.3, 0.4) is 0 Å². The van der Waals surface area contributed by atoms with Crippen LogP contribution in [-0.4, -0.2) is 12.0 Å². The molecule has 0 spiro atoms. The van der Waals surface area contributed by atoms with Crippen LogP contribution in [0, 0.1) is 0 Å². The van der Waals surface area contributed by atoms with Gasteiger partial charge in [0.15, 0.2) is 5.78 Å². The van der Waals surface area contributed by atoms with Gasteiger partial charge in [-0.05, 0) is 19.9 Å². The van der Waals surface area contributed by atoms with Gasteiger partial charge in [0.25, 0.3) is 0 Å². The molecule has 4 heteroatoms. The standard InChI is InChI=1S/C6H7F3O/c1-4(3-5(2)10)6(7,8)9/h3H,1-2H3/b4-3-. The zero-order valence-corrected chi connectivity index (χ0v) is 5.62. The molecule has 58 valence electrons. The molecule has 0 saturated heterocycles. The number of hydrogen-bond donors (Lipinski definition) is 0. The van der Waals surface area contributed by atoms with Gasteiger partial charge in [-0.15, -0.1) is 0 Å². The second-order valence-electron chi connectivity index (χ2n) is 1.94. The Labute approximate surface area is 56.5 Å². The van der Waals surface area contributed by atoms with E-state index in [2.05, 4.69) is 0 Å². The lowest BCUT2D eigenvalue weighted by Crippen LogP contribution is -2.09. The predicted molar refractivity (Wildman–Crippen MR) is 30.5 cm³/mol. The molecule has 0 aromatic rings. The van der Waals surface area contributed by atoms with E-state index >= 15 is 0 Å². The summed E-state index contributed by atoms with van der Waals surface area (Å²) >= 11 is 0. The molecule has 0 aromatic carbocycles. The second-order valence-corrected chi connectivity index (χ2v) is 1.94. The summed E-state index contributed by atoms with van der Waals surface area (Å²) in [5, 5.41) is 0. The summed E-state index contributed by atoms with van der Waals surface area (Å²) in [6.07, 6.45) is -3.80. The molecule has 0 radical (unpaired) electrons. The average molecular weight is 152 g/mol. The highest BCUT2D eigenvalue weighted by Gasteiger charge is 2.29. The summed E-state index contributed by atoms with van der Waals surface area (Å²) in [7, 11) is 0. The van der Waals surface area contributed by atoms with Gasteiger partial charge in [0, 0.05) is 5.57 Å². The lowest BCUT2D eigenvalue weighted by atomic mass is 10.2. The van der Waals surface area contributed by atoms with Crippen molar-refractivity contribution >= 4 is 5.78 Å². The van der Waals surface area contributed by atoms with Crippen molar-refractivity contribution in [2.75, 3.05) is 0 Å². The van der Waals surface area contributed by atoms with E-state index in [1.807, 2.05) is 0 Å². The number of carbonyl (C=O) groups is 1. The first-order valence-corrected chi connectivity index (χ1v) is 2.60. The average Bonchev–Trinajstić information content (AvgIpc) is 1.60. The van der Waals surface area contributed by atoms with E-state index in [4.69, 9.17) is 0 Å². The van der Waals surface area contributed by atoms with Crippen LogP contribution >= 0.6 is 0 Å².